The third-order valence-electron chi connectivity index (χ3n) is 3.52. The van der Waals surface area contributed by atoms with Crippen molar-refractivity contribution < 1.29 is 14.2 Å². The van der Waals surface area contributed by atoms with Gasteiger partial charge in [-0.1, -0.05) is 6.92 Å². The molecule has 6 nitrogen and oxygen atoms in total. The molecule has 0 saturated carbocycles. The normalized spacial score (nSPS) is 35.9. The summed E-state index contributed by atoms with van der Waals surface area (Å²) in [5, 5.41) is 9.11. The summed E-state index contributed by atoms with van der Waals surface area (Å²) >= 11 is 0. The van der Waals surface area contributed by atoms with Gasteiger partial charge in [-0.05, 0) is 6.92 Å². The topological polar surface area (TPSA) is 84.3 Å². The highest BCUT2D eigenvalue weighted by molar-refractivity contribution is 4.99. The molecular weight excluding hydrogens is 243 g/mol. The average molecular weight is 258 g/mol. The number of hydrogen-bond donors (Lipinski definition) is 2. The van der Waals surface area contributed by atoms with Crippen LogP contribution in [0, 0.1) is 5.92 Å². The van der Waals surface area contributed by atoms with E-state index in [1.165, 1.54) is 13.1 Å². The average Bonchev–Trinajstić information content (AvgIpc) is 2.52. The Morgan fingerprint density at radius 2 is 2.28 bits per heavy atom. The van der Waals surface area contributed by atoms with Crippen LogP contribution in [0.4, 0.5) is 4.39 Å². The molecule has 1 aromatic heterocycles. The number of aliphatic hydroxyl groups is 1. The van der Waals surface area contributed by atoms with Gasteiger partial charge in [0.1, 0.15) is 0 Å². The summed E-state index contributed by atoms with van der Waals surface area (Å²) in [6, 6.07) is 1.12. The Hall–Kier alpha value is -1.47. The van der Waals surface area contributed by atoms with Gasteiger partial charge in [0.25, 0.3) is 5.56 Å². The molecule has 2 rings (SSSR count). The molecule has 0 bridgehead atoms. The largest absolute Gasteiger partial charge is 0.394 e. The Morgan fingerprint density at radius 1 is 1.61 bits per heavy atom. The van der Waals surface area contributed by atoms with Crippen molar-refractivity contribution in [2.75, 3.05) is 6.61 Å². The number of ether oxygens (including phenoxy) is 1. The van der Waals surface area contributed by atoms with Crippen LogP contribution in [-0.2, 0) is 4.74 Å². The van der Waals surface area contributed by atoms with Gasteiger partial charge in [0.05, 0.1) is 12.7 Å². The first kappa shape index (κ1) is 13.0. The van der Waals surface area contributed by atoms with Crippen molar-refractivity contribution in [1.29, 1.82) is 0 Å². The monoisotopic (exact) mass is 258 g/mol. The van der Waals surface area contributed by atoms with Gasteiger partial charge >= 0.3 is 5.69 Å². The van der Waals surface area contributed by atoms with Gasteiger partial charge in [0.15, 0.2) is 11.9 Å². The summed E-state index contributed by atoms with van der Waals surface area (Å²) in [5.74, 6) is -0.564. The van der Waals surface area contributed by atoms with Crippen LogP contribution in [0.2, 0.25) is 0 Å². The van der Waals surface area contributed by atoms with E-state index >= 15 is 0 Å². The van der Waals surface area contributed by atoms with E-state index in [0.29, 0.717) is 0 Å². The molecule has 0 spiro atoms. The smallest absolute Gasteiger partial charge is 0.330 e. The predicted octanol–water partition coefficient (Wildman–Crippen LogP) is -0.209. The molecule has 0 aromatic carbocycles. The van der Waals surface area contributed by atoms with E-state index in [2.05, 4.69) is 0 Å². The van der Waals surface area contributed by atoms with E-state index in [4.69, 9.17) is 9.84 Å². The molecule has 100 valence electrons. The molecule has 2 heterocycles. The Bertz CT molecular complexity index is 550. The molecular formula is C11H15FN2O4. The van der Waals surface area contributed by atoms with Crippen LogP contribution in [-0.4, -0.2) is 33.0 Å². The van der Waals surface area contributed by atoms with E-state index in [-0.39, 0.29) is 6.61 Å². The molecule has 1 aromatic rings. The van der Waals surface area contributed by atoms with Gasteiger partial charge in [-0.3, -0.25) is 14.3 Å². The van der Waals surface area contributed by atoms with Gasteiger partial charge in [-0.15, -0.1) is 0 Å². The number of halogens is 1. The molecule has 0 unspecified atom stereocenters. The van der Waals surface area contributed by atoms with Crippen molar-refractivity contribution in [2.45, 2.75) is 31.8 Å². The van der Waals surface area contributed by atoms with Gasteiger partial charge < -0.3 is 9.84 Å². The summed E-state index contributed by atoms with van der Waals surface area (Å²) in [6.07, 6.45) is -0.645. The highest BCUT2D eigenvalue weighted by atomic mass is 19.1. The molecule has 1 aliphatic heterocycles. The number of nitrogens with zero attached hydrogens (tertiary/aromatic N) is 1. The van der Waals surface area contributed by atoms with Crippen molar-refractivity contribution in [1.82, 2.24) is 9.55 Å². The summed E-state index contributed by atoms with van der Waals surface area (Å²) in [7, 11) is 0. The number of aromatic nitrogens is 2. The van der Waals surface area contributed by atoms with Crippen molar-refractivity contribution >= 4 is 0 Å². The molecule has 1 fully saturated rings. The van der Waals surface area contributed by atoms with Crippen molar-refractivity contribution in [3.63, 3.8) is 0 Å². The molecule has 4 atom stereocenters. The third kappa shape index (κ3) is 1.89. The predicted molar refractivity (Wildman–Crippen MR) is 61.0 cm³/mol. The lowest BCUT2D eigenvalue weighted by molar-refractivity contribution is -0.0611. The van der Waals surface area contributed by atoms with Gasteiger partial charge in [-0.25, -0.2) is 9.18 Å². The lowest BCUT2D eigenvalue weighted by Crippen LogP contribution is -2.40. The molecule has 1 saturated heterocycles. The quantitative estimate of drug-likeness (QED) is 0.768. The number of aliphatic hydroxyl groups excluding tert-OH is 1. The first-order valence-corrected chi connectivity index (χ1v) is 5.64. The Morgan fingerprint density at radius 3 is 2.78 bits per heavy atom. The van der Waals surface area contributed by atoms with E-state index in [9.17, 15) is 14.0 Å². The molecule has 1 aliphatic rings. The molecule has 0 amide bonds. The summed E-state index contributed by atoms with van der Waals surface area (Å²) < 4.78 is 20.9. The van der Waals surface area contributed by atoms with Crippen LogP contribution in [0.25, 0.3) is 0 Å². The Balaban J connectivity index is 2.45. The van der Waals surface area contributed by atoms with Crippen molar-refractivity contribution in [2.24, 2.45) is 5.92 Å². The van der Waals surface area contributed by atoms with E-state index < -0.39 is 35.2 Å². The van der Waals surface area contributed by atoms with E-state index in [0.717, 1.165) is 10.6 Å². The van der Waals surface area contributed by atoms with Gasteiger partial charge in [0, 0.05) is 18.2 Å². The van der Waals surface area contributed by atoms with Gasteiger partial charge in [-0.2, -0.15) is 0 Å². The van der Waals surface area contributed by atoms with Crippen LogP contribution in [0.15, 0.2) is 21.9 Å². The fraction of sp³-hybridized carbons (Fsp3) is 0.636. The van der Waals surface area contributed by atoms with Crippen LogP contribution in [0.1, 0.15) is 20.1 Å². The van der Waals surface area contributed by atoms with E-state index in [1.54, 1.807) is 6.92 Å². The Kier molecular flexibility index (Phi) is 3.12. The summed E-state index contributed by atoms with van der Waals surface area (Å²) in [6.45, 7) is 2.60. The van der Waals surface area contributed by atoms with Crippen LogP contribution in [0.3, 0.4) is 0 Å². The van der Waals surface area contributed by atoms with Crippen LogP contribution in [0.5, 0.6) is 0 Å². The minimum Gasteiger partial charge on any atom is -0.394 e. The van der Waals surface area contributed by atoms with Crippen LogP contribution >= 0.6 is 0 Å². The fourth-order valence-electron chi connectivity index (χ4n) is 2.16. The third-order valence-corrected chi connectivity index (χ3v) is 3.52. The first-order chi connectivity index (χ1) is 8.37. The Labute approximate surface area is 102 Å². The molecule has 0 aliphatic carbocycles. The lowest BCUT2D eigenvalue weighted by Gasteiger charge is -2.25. The second-order valence-corrected chi connectivity index (χ2v) is 4.67. The maximum atomic E-state index is 14.6. The maximum Gasteiger partial charge on any atom is 0.330 e. The maximum absolute atomic E-state index is 14.6. The summed E-state index contributed by atoms with van der Waals surface area (Å²) in [4.78, 5) is 24.6. The molecule has 2 N–H and O–H groups in total. The van der Waals surface area contributed by atoms with Crippen molar-refractivity contribution in [3.05, 3.63) is 33.1 Å². The zero-order valence-electron chi connectivity index (χ0n) is 10.1. The zero-order chi connectivity index (χ0) is 13.5. The fourth-order valence-corrected chi connectivity index (χ4v) is 2.16. The number of nitrogens with one attached hydrogen (secondary N) is 1. The SMILES string of the molecule is C[C@@H]1[C@@H](CO)O[C@@H](n2ccc(=O)[nH]c2=O)[C@]1(C)F. The first-order valence-electron chi connectivity index (χ1n) is 5.64. The number of rotatable bonds is 2. The minimum absolute atomic E-state index is 0.324. The lowest BCUT2D eigenvalue weighted by atomic mass is 9.90. The second kappa shape index (κ2) is 4.33. The van der Waals surface area contributed by atoms with E-state index in [1.807, 2.05) is 4.98 Å². The molecule has 18 heavy (non-hydrogen) atoms. The van der Waals surface area contributed by atoms with Crippen molar-refractivity contribution in [3.8, 4) is 0 Å². The summed E-state index contributed by atoms with van der Waals surface area (Å²) in [5.41, 5.74) is -3.10. The highest BCUT2D eigenvalue weighted by Crippen LogP contribution is 2.44. The minimum atomic E-state index is -1.81. The highest BCUT2D eigenvalue weighted by Gasteiger charge is 2.53. The number of aromatic amines is 1. The van der Waals surface area contributed by atoms with Gasteiger partial charge in [0.2, 0.25) is 0 Å². The number of H-pyrrole nitrogens is 1. The number of hydrogen-bond acceptors (Lipinski definition) is 4. The number of alkyl halides is 1. The zero-order valence-corrected chi connectivity index (χ0v) is 10.1. The molecule has 7 heteroatoms. The van der Waals surface area contributed by atoms with Crippen LogP contribution < -0.4 is 11.2 Å². The standard InChI is InChI=1S/C11H15FN2O4/c1-6-7(5-15)18-9(11(6,2)12)14-4-3-8(16)13-10(14)17/h3-4,6-7,9,15H,5H2,1-2H3,(H,13,16,17)/t6-,7-,9-,11-/m1/s1. The second-order valence-electron chi connectivity index (χ2n) is 4.67. The molecule has 0 radical (unpaired) electrons.